The van der Waals surface area contributed by atoms with Crippen molar-refractivity contribution >= 4 is 10.8 Å². The van der Waals surface area contributed by atoms with Crippen LogP contribution >= 0.6 is 0 Å². The van der Waals surface area contributed by atoms with Crippen LogP contribution in [0.1, 0.15) is 11.3 Å². The Labute approximate surface area is 141 Å². The highest BCUT2D eigenvalue weighted by molar-refractivity contribution is 5.94. The lowest BCUT2D eigenvalue weighted by molar-refractivity contribution is 0.570. The van der Waals surface area contributed by atoms with E-state index in [0.29, 0.717) is 12.4 Å². The van der Waals surface area contributed by atoms with E-state index < -0.39 is 0 Å². The van der Waals surface area contributed by atoms with Crippen molar-refractivity contribution in [1.29, 1.82) is 0 Å². The second-order valence-corrected chi connectivity index (χ2v) is 5.76. The molecule has 3 aromatic carbocycles. The molecule has 0 saturated carbocycles. The summed E-state index contributed by atoms with van der Waals surface area (Å²) in [6.45, 7) is 1.50. The maximum atomic E-state index is 5.71. The minimum absolute atomic E-state index is 0.670. The lowest BCUT2D eigenvalue weighted by atomic mass is 10.0. The Morgan fingerprint density at radius 3 is 2.50 bits per heavy atom. The van der Waals surface area contributed by atoms with Crippen molar-refractivity contribution in [2.45, 2.75) is 13.1 Å². The Balaban J connectivity index is 1.50. The fourth-order valence-electron chi connectivity index (χ4n) is 2.85. The first-order valence-corrected chi connectivity index (χ1v) is 8.07. The predicted octanol–water partition coefficient (Wildman–Crippen LogP) is 4.78. The van der Waals surface area contributed by atoms with Gasteiger partial charge in [-0.25, -0.2) is 4.98 Å². The fraction of sp³-hybridized carbons (Fsp3) is 0.0952. The molecule has 0 aliphatic carbocycles. The summed E-state index contributed by atoms with van der Waals surface area (Å²) in [6, 6.07) is 24.8. The molecule has 4 rings (SSSR count). The molecule has 0 unspecified atom stereocenters. The van der Waals surface area contributed by atoms with Crippen LogP contribution < -0.4 is 5.32 Å². The van der Waals surface area contributed by atoms with Crippen LogP contribution in [-0.2, 0) is 13.1 Å². The van der Waals surface area contributed by atoms with Gasteiger partial charge in [-0.05, 0) is 22.4 Å². The Morgan fingerprint density at radius 1 is 0.792 bits per heavy atom. The van der Waals surface area contributed by atoms with Crippen molar-refractivity contribution in [3.63, 3.8) is 0 Å². The summed E-state index contributed by atoms with van der Waals surface area (Å²) in [6.07, 6.45) is 1.73. The average molecular weight is 314 g/mol. The molecule has 1 heterocycles. The van der Waals surface area contributed by atoms with Gasteiger partial charge in [0.1, 0.15) is 6.26 Å². The third-order valence-electron chi connectivity index (χ3n) is 4.05. The first-order chi connectivity index (χ1) is 11.9. The smallest absolute Gasteiger partial charge is 0.226 e. The van der Waals surface area contributed by atoms with Crippen molar-refractivity contribution in [1.82, 2.24) is 10.3 Å². The summed E-state index contributed by atoms with van der Waals surface area (Å²) in [5.41, 5.74) is 3.20. The van der Waals surface area contributed by atoms with Crippen LogP contribution in [0.3, 0.4) is 0 Å². The van der Waals surface area contributed by atoms with Crippen LogP contribution in [0.5, 0.6) is 0 Å². The van der Waals surface area contributed by atoms with Gasteiger partial charge < -0.3 is 9.73 Å². The fourth-order valence-corrected chi connectivity index (χ4v) is 2.85. The standard InChI is InChI=1S/C21H18N2O/c1-2-7-16(8-3-1)13-22-14-18-15-24-21(23-18)20-12-6-10-17-9-4-5-11-19(17)20/h1-12,15,22H,13-14H2. The van der Waals surface area contributed by atoms with Gasteiger partial charge in [0.25, 0.3) is 0 Å². The number of nitrogens with zero attached hydrogens (tertiary/aromatic N) is 1. The van der Waals surface area contributed by atoms with Crippen molar-refractivity contribution < 1.29 is 4.42 Å². The molecule has 0 aliphatic heterocycles. The van der Waals surface area contributed by atoms with E-state index in [2.05, 4.69) is 46.7 Å². The van der Waals surface area contributed by atoms with E-state index >= 15 is 0 Å². The molecule has 0 fully saturated rings. The van der Waals surface area contributed by atoms with Gasteiger partial charge >= 0.3 is 0 Å². The van der Waals surface area contributed by atoms with Gasteiger partial charge in [-0.15, -0.1) is 0 Å². The van der Waals surface area contributed by atoms with Crippen LogP contribution in [-0.4, -0.2) is 4.98 Å². The van der Waals surface area contributed by atoms with Gasteiger partial charge in [0.05, 0.1) is 5.69 Å². The van der Waals surface area contributed by atoms with Crippen molar-refractivity contribution in [3.8, 4) is 11.5 Å². The van der Waals surface area contributed by atoms with Gasteiger partial charge in [-0.3, -0.25) is 0 Å². The summed E-state index contributed by atoms with van der Waals surface area (Å²) in [7, 11) is 0. The summed E-state index contributed by atoms with van der Waals surface area (Å²) < 4.78 is 5.71. The molecule has 118 valence electrons. The van der Waals surface area contributed by atoms with Crippen molar-refractivity contribution in [3.05, 3.63) is 90.3 Å². The van der Waals surface area contributed by atoms with Crippen LogP contribution in [0.4, 0.5) is 0 Å². The van der Waals surface area contributed by atoms with Gasteiger partial charge in [0, 0.05) is 18.7 Å². The molecule has 4 aromatic rings. The zero-order chi connectivity index (χ0) is 16.2. The van der Waals surface area contributed by atoms with Crippen LogP contribution in [0.15, 0.2) is 83.5 Å². The SMILES string of the molecule is c1ccc(CNCc2coc(-c3cccc4ccccc34)n2)cc1. The quantitative estimate of drug-likeness (QED) is 0.576. The van der Waals surface area contributed by atoms with Crippen LogP contribution in [0.25, 0.3) is 22.2 Å². The van der Waals surface area contributed by atoms with Gasteiger partial charge in [0.2, 0.25) is 5.89 Å². The number of hydrogen-bond acceptors (Lipinski definition) is 3. The summed E-state index contributed by atoms with van der Waals surface area (Å²) in [4.78, 5) is 4.63. The van der Waals surface area contributed by atoms with Crippen molar-refractivity contribution in [2.75, 3.05) is 0 Å². The minimum Gasteiger partial charge on any atom is -0.444 e. The number of benzene rings is 3. The molecule has 1 N–H and O–H groups in total. The lowest BCUT2D eigenvalue weighted by Crippen LogP contribution is -2.12. The molecule has 24 heavy (non-hydrogen) atoms. The highest BCUT2D eigenvalue weighted by atomic mass is 16.3. The first-order valence-electron chi connectivity index (χ1n) is 8.07. The Bertz CT molecular complexity index is 939. The normalized spacial score (nSPS) is 11.0. The number of fused-ring (bicyclic) bond motifs is 1. The van der Waals surface area contributed by atoms with Crippen molar-refractivity contribution in [2.24, 2.45) is 0 Å². The monoisotopic (exact) mass is 314 g/mol. The van der Waals surface area contributed by atoms with E-state index in [4.69, 9.17) is 4.42 Å². The Morgan fingerprint density at radius 2 is 1.58 bits per heavy atom. The molecule has 3 heteroatoms. The number of oxazole rings is 1. The predicted molar refractivity (Wildman–Crippen MR) is 96.4 cm³/mol. The topological polar surface area (TPSA) is 38.1 Å². The Hall–Kier alpha value is -2.91. The zero-order valence-corrected chi connectivity index (χ0v) is 13.3. The zero-order valence-electron chi connectivity index (χ0n) is 13.3. The Kier molecular flexibility index (Phi) is 4.09. The van der Waals surface area contributed by atoms with E-state index in [1.54, 1.807) is 6.26 Å². The summed E-state index contributed by atoms with van der Waals surface area (Å²) >= 11 is 0. The molecule has 1 aromatic heterocycles. The number of hydrogen-bond donors (Lipinski definition) is 1. The molecule has 3 nitrogen and oxygen atoms in total. The van der Waals surface area contributed by atoms with Crippen LogP contribution in [0, 0.1) is 0 Å². The molecule has 0 radical (unpaired) electrons. The van der Waals surface area contributed by atoms with Gasteiger partial charge in [-0.2, -0.15) is 0 Å². The molecular formula is C21H18N2O. The third-order valence-corrected chi connectivity index (χ3v) is 4.05. The molecule has 0 amide bonds. The first kappa shape index (κ1) is 14.7. The summed E-state index contributed by atoms with van der Waals surface area (Å²) in [5, 5.41) is 5.75. The molecule has 0 spiro atoms. The molecule has 0 bridgehead atoms. The van der Waals surface area contributed by atoms with Crippen LogP contribution in [0.2, 0.25) is 0 Å². The van der Waals surface area contributed by atoms with E-state index in [-0.39, 0.29) is 0 Å². The lowest BCUT2D eigenvalue weighted by Gasteiger charge is -2.03. The van der Waals surface area contributed by atoms with Gasteiger partial charge in [-0.1, -0.05) is 66.7 Å². The number of rotatable bonds is 5. The van der Waals surface area contributed by atoms with E-state index in [1.807, 2.05) is 36.4 Å². The number of aromatic nitrogens is 1. The van der Waals surface area contributed by atoms with E-state index in [9.17, 15) is 0 Å². The molecule has 0 atom stereocenters. The van der Waals surface area contributed by atoms with Gasteiger partial charge in [0.15, 0.2) is 0 Å². The van der Waals surface area contributed by atoms with E-state index in [0.717, 1.165) is 23.2 Å². The molecular weight excluding hydrogens is 296 g/mol. The van der Waals surface area contributed by atoms with E-state index in [1.165, 1.54) is 10.9 Å². The average Bonchev–Trinajstić information content (AvgIpc) is 3.11. The highest BCUT2D eigenvalue weighted by Gasteiger charge is 2.09. The number of nitrogens with one attached hydrogen (secondary N) is 1. The second kappa shape index (κ2) is 6.69. The maximum Gasteiger partial charge on any atom is 0.226 e. The minimum atomic E-state index is 0.670. The summed E-state index contributed by atoms with van der Waals surface area (Å²) in [5.74, 6) is 0.670. The highest BCUT2D eigenvalue weighted by Crippen LogP contribution is 2.27. The largest absolute Gasteiger partial charge is 0.444 e. The molecule has 0 saturated heterocycles. The maximum absolute atomic E-state index is 5.71. The second-order valence-electron chi connectivity index (χ2n) is 5.76. The molecule has 0 aliphatic rings. The third kappa shape index (κ3) is 3.07.